The van der Waals surface area contributed by atoms with Crippen LogP contribution in [0.4, 0.5) is 0 Å². The molecule has 0 amide bonds. The van der Waals surface area contributed by atoms with E-state index in [-0.39, 0.29) is 11.8 Å². The van der Waals surface area contributed by atoms with Crippen molar-refractivity contribution >= 4 is 5.78 Å². The highest BCUT2D eigenvalue weighted by atomic mass is 16.5. The Bertz CT molecular complexity index is 353. The number of rotatable bonds is 3. The van der Waals surface area contributed by atoms with Crippen molar-refractivity contribution in [2.24, 2.45) is 0 Å². The first kappa shape index (κ1) is 11.2. The van der Waals surface area contributed by atoms with Crippen LogP contribution in [0.5, 0.6) is 0 Å². The van der Waals surface area contributed by atoms with Gasteiger partial charge in [-0.15, -0.1) is 0 Å². The van der Waals surface area contributed by atoms with Crippen molar-refractivity contribution in [2.45, 2.75) is 25.4 Å². The monoisotopic (exact) mass is 220 g/mol. The standard InChI is InChI=1S/C12H16N2O2/c1-9-7-16-8-10(14-9)6-12(15)11-4-2-3-5-13-11/h2-5,9-10,14H,6-8H2,1H3. The van der Waals surface area contributed by atoms with Crippen LogP contribution in [-0.4, -0.2) is 36.1 Å². The Balaban J connectivity index is 1.92. The maximum absolute atomic E-state index is 11.9. The van der Waals surface area contributed by atoms with Gasteiger partial charge in [0.15, 0.2) is 5.78 Å². The number of hydrogen-bond acceptors (Lipinski definition) is 4. The number of nitrogens with one attached hydrogen (secondary N) is 1. The van der Waals surface area contributed by atoms with E-state index < -0.39 is 0 Å². The molecule has 0 radical (unpaired) electrons. The molecule has 1 fully saturated rings. The van der Waals surface area contributed by atoms with Gasteiger partial charge in [0.05, 0.1) is 13.2 Å². The average Bonchev–Trinajstić information content (AvgIpc) is 2.30. The van der Waals surface area contributed by atoms with E-state index in [0.717, 1.165) is 0 Å². The Morgan fingerprint density at radius 1 is 1.56 bits per heavy atom. The molecular formula is C12H16N2O2. The second-order valence-electron chi connectivity index (χ2n) is 4.14. The summed E-state index contributed by atoms with van der Waals surface area (Å²) in [5.41, 5.74) is 0.530. The van der Waals surface area contributed by atoms with Crippen molar-refractivity contribution in [3.63, 3.8) is 0 Å². The minimum absolute atomic E-state index is 0.0656. The van der Waals surface area contributed by atoms with Crippen molar-refractivity contribution in [3.05, 3.63) is 30.1 Å². The van der Waals surface area contributed by atoms with E-state index in [1.807, 2.05) is 6.07 Å². The molecule has 4 heteroatoms. The van der Waals surface area contributed by atoms with Crippen LogP contribution in [-0.2, 0) is 4.74 Å². The van der Waals surface area contributed by atoms with Crippen molar-refractivity contribution in [2.75, 3.05) is 13.2 Å². The molecule has 0 bridgehead atoms. The fourth-order valence-corrected chi connectivity index (χ4v) is 1.86. The summed E-state index contributed by atoms with van der Waals surface area (Å²) in [5.74, 6) is 0.0656. The van der Waals surface area contributed by atoms with Crippen LogP contribution in [0.25, 0.3) is 0 Å². The Kier molecular flexibility index (Phi) is 3.64. The average molecular weight is 220 g/mol. The van der Waals surface area contributed by atoms with Gasteiger partial charge in [-0.2, -0.15) is 0 Å². The van der Waals surface area contributed by atoms with Crippen LogP contribution < -0.4 is 5.32 Å². The topological polar surface area (TPSA) is 51.2 Å². The fraction of sp³-hybridized carbons (Fsp3) is 0.500. The second kappa shape index (κ2) is 5.18. The van der Waals surface area contributed by atoms with Crippen LogP contribution in [0, 0.1) is 0 Å². The number of carbonyl (C=O) groups excluding carboxylic acids is 1. The summed E-state index contributed by atoms with van der Waals surface area (Å²) in [7, 11) is 0. The van der Waals surface area contributed by atoms with Gasteiger partial charge in [0.1, 0.15) is 5.69 Å². The van der Waals surface area contributed by atoms with Crippen LogP contribution in [0.3, 0.4) is 0 Å². The van der Waals surface area contributed by atoms with Crippen LogP contribution in [0.1, 0.15) is 23.8 Å². The van der Waals surface area contributed by atoms with Crippen LogP contribution in [0.2, 0.25) is 0 Å². The van der Waals surface area contributed by atoms with Gasteiger partial charge in [0.2, 0.25) is 0 Å². The zero-order valence-electron chi connectivity index (χ0n) is 9.35. The highest BCUT2D eigenvalue weighted by Crippen LogP contribution is 2.07. The van der Waals surface area contributed by atoms with E-state index in [1.165, 1.54) is 0 Å². The SMILES string of the molecule is CC1COCC(CC(=O)c2ccccn2)N1. The van der Waals surface area contributed by atoms with Gasteiger partial charge in [-0.05, 0) is 19.1 Å². The molecule has 2 atom stereocenters. The van der Waals surface area contributed by atoms with Crippen molar-refractivity contribution in [1.82, 2.24) is 10.3 Å². The third-order valence-corrected chi connectivity index (χ3v) is 2.59. The lowest BCUT2D eigenvalue weighted by Crippen LogP contribution is -2.48. The molecule has 4 nitrogen and oxygen atoms in total. The number of Topliss-reactive ketones (excluding diaryl/α,β-unsaturated/α-hetero) is 1. The number of ether oxygens (including phenoxy) is 1. The lowest BCUT2D eigenvalue weighted by atomic mass is 10.1. The van der Waals surface area contributed by atoms with Crippen LogP contribution in [0.15, 0.2) is 24.4 Å². The van der Waals surface area contributed by atoms with E-state index in [0.29, 0.717) is 31.4 Å². The zero-order chi connectivity index (χ0) is 11.4. The number of carbonyl (C=O) groups is 1. The molecule has 1 aliphatic rings. The number of hydrogen-bond donors (Lipinski definition) is 1. The molecule has 2 heterocycles. The first-order chi connectivity index (χ1) is 7.75. The molecule has 16 heavy (non-hydrogen) atoms. The maximum atomic E-state index is 11.9. The fourth-order valence-electron chi connectivity index (χ4n) is 1.86. The summed E-state index contributed by atoms with van der Waals surface area (Å²) >= 11 is 0. The molecule has 0 saturated carbocycles. The lowest BCUT2D eigenvalue weighted by molar-refractivity contribution is 0.0462. The third kappa shape index (κ3) is 2.87. The molecular weight excluding hydrogens is 204 g/mol. The quantitative estimate of drug-likeness (QED) is 0.773. The molecule has 0 aliphatic carbocycles. The summed E-state index contributed by atoms with van der Waals surface area (Å²) in [4.78, 5) is 15.9. The molecule has 1 aliphatic heterocycles. The van der Waals surface area contributed by atoms with Gasteiger partial charge in [0, 0.05) is 24.7 Å². The molecule has 1 saturated heterocycles. The Morgan fingerprint density at radius 3 is 3.12 bits per heavy atom. The summed E-state index contributed by atoms with van der Waals surface area (Å²) in [6, 6.07) is 5.80. The van der Waals surface area contributed by atoms with Gasteiger partial charge < -0.3 is 10.1 Å². The smallest absolute Gasteiger partial charge is 0.182 e. The number of morpholine rings is 1. The van der Waals surface area contributed by atoms with E-state index in [9.17, 15) is 4.79 Å². The first-order valence-corrected chi connectivity index (χ1v) is 5.53. The normalized spacial score (nSPS) is 25.3. The van der Waals surface area contributed by atoms with E-state index >= 15 is 0 Å². The number of ketones is 1. The molecule has 1 N–H and O–H groups in total. The first-order valence-electron chi connectivity index (χ1n) is 5.53. The molecule has 2 unspecified atom stereocenters. The maximum Gasteiger partial charge on any atom is 0.182 e. The third-order valence-electron chi connectivity index (χ3n) is 2.59. The van der Waals surface area contributed by atoms with E-state index in [4.69, 9.17) is 4.74 Å². The number of aromatic nitrogens is 1. The van der Waals surface area contributed by atoms with Crippen molar-refractivity contribution < 1.29 is 9.53 Å². The number of pyridine rings is 1. The Labute approximate surface area is 95.0 Å². The van der Waals surface area contributed by atoms with Gasteiger partial charge in [-0.1, -0.05) is 6.07 Å². The minimum atomic E-state index is 0.0656. The van der Waals surface area contributed by atoms with Gasteiger partial charge in [-0.25, -0.2) is 0 Å². The van der Waals surface area contributed by atoms with E-state index in [1.54, 1.807) is 18.3 Å². The predicted octanol–water partition coefficient (Wildman–Crippen LogP) is 1.03. The van der Waals surface area contributed by atoms with Crippen LogP contribution >= 0.6 is 0 Å². The Morgan fingerprint density at radius 2 is 2.44 bits per heavy atom. The minimum Gasteiger partial charge on any atom is -0.378 e. The second-order valence-corrected chi connectivity index (χ2v) is 4.14. The molecule has 86 valence electrons. The van der Waals surface area contributed by atoms with Crippen molar-refractivity contribution in [3.8, 4) is 0 Å². The van der Waals surface area contributed by atoms with E-state index in [2.05, 4.69) is 17.2 Å². The van der Waals surface area contributed by atoms with Gasteiger partial charge in [0.25, 0.3) is 0 Å². The summed E-state index contributed by atoms with van der Waals surface area (Å²) in [6.45, 7) is 3.37. The zero-order valence-corrected chi connectivity index (χ0v) is 9.35. The number of nitrogens with zero attached hydrogens (tertiary/aromatic N) is 1. The molecule has 0 spiro atoms. The summed E-state index contributed by atoms with van der Waals surface area (Å²) < 4.78 is 5.40. The molecule has 1 aromatic heterocycles. The van der Waals surface area contributed by atoms with Gasteiger partial charge in [-0.3, -0.25) is 9.78 Å². The molecule has 0 aromatic carbocycles. The molecule has 2 rings (SSSR count). The summed E-state index contributed by atoms with van der Waals surface area (Å²) in [6.07, 6.45) is 2.09. The predicted molar refractivity (Wildman–Crippen MR) is 60.4 cm³/mol. The largest absolute Gasteiger partial charge is 0.378 e. The van der Waals surface area contributed by atoms with Gasteiger partial charge >= 0.3 is 0 Å². The highest BCUT2D eigenvalue weighted by Gasteiger charge is 2.21. The summed E-state index contributed by atoms with van der Waals surface area (Å²) in [5, 5.41) is 3.34. The highest BCUT2D eigenvalue weighted by molar-refractivity contribution is 5.94. The Hall–Kier alpha value is -1.26. The lowest BCUT2D eigenvalue weighted by Gasteiger charge is -2.28. The molecule has 1 aromatic rings. The van der Waals surface area contributed by atoms with Crippen molar-refractivity contribution in [1.29, 1.82) is 0 Å².